The van der Waals surface area contributed by atoms with Crippen LogP contribution in [0.25, 0.3) is 0 Å². The number of methoxy groups -OCH3 is 1. The first-order valence-electron chi connectivity index (χ1n) is 10.6. The van der Waals surface area contributed by atoms with Crippen molar-refractivity contribution in [1.82, 2.24) is 4.31 Å². The second-order valence-corrected chi connectivity index (χ2v) is 9.87. The van der Waals surface area contributed by atoms with Crippen LogP contribution in [0.5, 0.6) is 0 Å². The van der Waals surface area contributed by atoms with Crippen LogP contribution in [0.1, 0.15) is 11.1 Å². The number of nitrogens with one attached hydrogen (secondary N) is 1. The zero-order valence-corrected chi connectivity index (χ0v) is 20.2. The lowest BCUT2D eigenvalue weighted by Crippen LogP contribution is -2.31. The summed E-state index contributed by atoms with van der Waals surface area (Å²) in [5.74, 6) is -0.825. The lowest BCUT2D eigenvalue weighted by molar-refractivity contribution is -0.119. The van der Waals surface area contributed by atoms with Crippen molar-refractivity contribution in [3.8, 4) is 0 Å². The molecule has 0 fully saturated rings. The second kappa shape index (κ2) is 11.2. The monoisotopic (exact) mass is 485 g/mol. The number of hydrogen-bond donors (Lipinski definition) is 1. The van der Waals surface area contributed by atoms with Crippen molar-refractivity contribution in [3.63, 3.8) is 0 Å². The van der Waals surface area contributed by atoms with Crippen molar-refractivity contribution in [3.05, 3.63) is 89.7 Å². The summed E-state index contributed by atoms with van der Waals surface area (Å²) >= 11 is 0. The summed E-state index contributed by atoms with van der Waals surface area (Å²) in [5, 5.41) is 2.76. The van der Waals surface area contributed by atoms with Gasteiger partial charge in [0.25, 0.3) is 0 Å². The van der Waals surface area contributed by atoms with Gasteiger partial charge in [-0.3, -0.25) is 4.79 Å². The number of rotatable bonds is 10. The largest absolute Gasteiger partial charge is 0.377 e. The maximum Gasteiger partial charge on any atom is 0.250 e. The lowest BCUT2D eigenvalue weighted by Gasteiger charge is -2.26. The Kier molecular flexibility index (Phi) is 8.38. The highest BCUT2D eigenvalue weighted by atomic mass is 32.2. The van der Waals surface area contributed by atoms with Crippen molar-refractivity contribution >= 4 is 27.3 Å². The Bertz CT molecular complexity index is 1220. The normalized spacial score (nSPS) is 11.4. The fourth-order valence-corrected chi connectivity index (χ4v) is 4.92. The molecule has 9 heteroatoms. The first kappa shape index (κ1) is 25.4. The molecule has 3 aromatic carbocycles. The summed E-state index contributed by atoms with van der Waals surface area (Å²) in [7, 11) is 1.19. The Morgan fingerprint density at radius 1 is 0.971 bits per heavy atom. The zero-order chi connectivity index (χ0) is 24.7. The zero-order valence-electron chi connectivity index (χ0n) is 19.4. The minimum Gasteiger partial charge on any atom is -0.377 e. The van der Waals surface area contributed by atoms with Gasteiger partial charge in [-0.1, -0.05) is 30.3 Å². The number of hydrogen-bond acceptors (Lipinski definition) is 5. The van der Waals surface area contributed by atoms with E-state index in [0.29, 0.717) is 11.3 Å². The summed E-state index contributed by atoms with van der Waals surface area (Å²) in [6, 6.07) is 19.3. The van der Waals surface area contributed by atoms with Gasteiger partial charge in [0, 0.05) is 45.7 Å². The fraction of sp³-hybridized carbons (Fsp3) is 0.240. The minimum atomic E-state index is -3.96. The summed E-state index contributed by atoms with van der Waals surface area (Å²) in [5.41, 5.74) is 2.84. The van der Waals surface area contributed by atoms with E-state index in [1.807, 2.05) is 55.4 Å². The number of halogens is 1. The molecule has 0 saturated heterocycles. The van der Waals surface area contributed by atoms with Gasteiger partial charge in [0.2, 0.25) is 15.9 Å². The van der Waals surface area contributed by atoms with Crippen LogP contribution < -0.4 is 10.2 Å². The average molecular weight is 486 g/mol. The van der Waals surface area contributed by atoms with Gasteiger partial charge in [0.05, 0.1) is 4.90 Å². The van der Waals surface area contributed by atoms with E-state index in [1.165, 1.54) is 23.5 Å². The van der Waals surface area contributed by atoms with Crippen LogP contribution in [0.3, 0.4) is 0 Å². The van der Waals surface area contributed by atoms with Gasteiger partial charge in [-0.15, -0.1) is 0 Å². The molecule has 34 heavy (non-hydrogen) atoms. The molecule has 0 aliphatic heterocycles. The summed E-state index contributed by atoms with van der Waals surface area (Å²) in [6.07, 6.45) is 0. The molecule has 0 radical (unpaired) electrons. The Labute approximate surface area is 199 Å². The molecule has 0 unspecified atom stereocenters. The number of ether oxygens (including phenoxy) is 1. The number of anilines is 2. The van der Waals surface area contributed by atoms with Crippen LogP contribution in [0, 0.1) is 5.82 Å². The Morgan fingerprint density at radius 2 is 1.65 bits per heavy atom. The third kappa shape index (κ3) is 6.40. The van der Waals surface area contributed by atoms with Crippen LogP contribution in [0.4, 0.5) is 15.8 Å². The van der Waals surface area contributed by atoms with Crippen LogP contribution in [0.15, 0.2) is 77.7 Å². The molecule has 0 aliphatic carbocycles. The molecular formula is C25H28FN3O4S. The number of carbonyl (C=O) groups excluding carboxylic acids is 1. The van der Waals surface area contributed by atoms with Crippen molar-refractivity contribution in [2.24, 2.45) is 0 Å². The molecule has 0 atom stereocenters. The molecular weight excluding hydrogens is 457 g/mol. The molecule has 180 valence electrons. The van der Waals surface area contributed by atoms with Gasteiger partial charge in [-0.05, 0) is 53.6 Å². The van der Waals surface area contributed by atoms with E-state index in [1.54, 1.807) is 12.1 Å². The van der Waals surface area contributed by atoms with Gasteiger partial charge < -0.3 is 15.0 Å². The van der Waals surface area contributed by atoms with Crippen molar-refractivity contribution in [2.45, 2.75) is 18.0 Å². The maximum absolute atomic E-state index is 13.6. The van der Waals surface area contributed by atoms with Gasteiger partial charge in [0.1, 0.15) is 12.4 Å². The quantitative estimate of drug-likeness (QED) is 0.472. The highest BCUT2D eigenvalue weighted by Crippen LogP contribution is 2.28. The van der Waals surface area contributed by atoms with E-state index in [9.17, 15) is 17.6 Å². The molecule has 7 nitrogen and oxygen atoms in total. The van der Waals surface area contributed by atoms with Crippen molar-refractivity contribution < 1.29 is 22.3 Å². The van der Waals surface area contributed by atoms with E-state index in [0.717, 1.165) is 23.4 Å². The molecule has 3 rings (SSSR count). The molecule has 1 N–H and O–H groups in total. The summed E-state index contributed by atoms with van der Waals surface area (Å²) in [4.78, 5) is 13.9. The minimum absolute atomic E-state index is 0.000728. The Morgan fingerprint density at radius 3 is 2.26 bits per heavy atom. The average Bonchev–Trinajstić information content (AvgIpc) is 2.80. The standard InChI is InChI=1S/C25H28FN3O4S/c1-28(2)24-14-11-22(27-25(30)18-33-3)15-20(24)17-29(16-19-7-5-4-6-8-19)34(31,32)23-12-9-21(26)10-13-23/h4-15H,16-18H2,1-3H3,(H,27,30). The second-order valence-electron chi connectivity index (χ2n) is 7.93. The highest BCUT2D eigenvalue weighted by Gasteiger charge is 2.26. The first-order valence-corrected chi connectivity index (χ1v) is 12.0. The molecule has 0 bridgehead atoms. The SMILES string of the molecule is COCC(=O)Nc1ccc(N(C)C)c(CN(Cc2ccccc2)S(=O)(=O)c2ccc(F)cc2)c1. The first-order chi connectivity index (χ1) is 16.2. The third-order valence-electron chi connectivity index (χ3n) is 5.12. The lowest BCUT2D eigenvalue weighted by atomic mass is 10.1. The number of benzene rings is 3. The van der Waals surface area contributed by atoms with E-state index in [4.69, 9.17) is 4.74 Å². The van der Waals surface area contributed by atoms with E-state index in [-0.39, 0.29) is 30.5 Å². The van der Waals surface area contributed by atoms with Crippen LogP contribution in [-0.4, -0.2) is 46.4 Å². The van der Waals surface area contributed by atoms with E-state index in [2.05, 4.69) is 5.32 Å². The molecule has 0 saturated carbocycles. The fourth-order valence-electron chi connectivity index (χ4n) is 3.51. The molecule has 0 aliphatic rings. The van der Waals surface area contributed by atoms with Crippen molar-refractivity contribution in [1.29, 1.82) is 0 Å². The van der Waals surface area contributed by atoms with Crippen LogP contribution in [-0.2, 0) is 32.6 Å². The molecule has 3 aromatic rings. The van der Waals surface area contributed by atoms with Crippen molar-refractivity contribution in [2.75, 3.05) is 38.0 Å². The molecule has 0 aromatic heterocycles. The smallest absolute Gasteiger partial charge is 0.250 e. The number of amides is 1. The predicted molar refractivity (Wildman–Crippen MR) is 131 cm³/mol. The number of carbonyl (C=O) groups is 1. The predicted octanol–water partition coefficient (Wildman–Crippen LogP) is 3.87. The van der Waals surface area contributed by atoms with E-state index < -0.39 is 15.8 Å². The Hall–Kier alpha value is -3.27. The van der Waals surface area contributed by atoms with Gasteiger partial charge in [-0.2, -0.15) is 4.31 Å². The van der Waals surface area contributed by atoms with Gasteiger partial charge in [-0.25, -0.2) is 12.8 Å². The maximum atomic E-state index is 13.6. The third-order valence-corrected chi connectivity index (χ3v) is 6.93. The van der Waals surface area contributed by atoms with Crippen LogP contribution >= 0.6 is 0 Å². The highest BCUT2D eigenvalue weighted by molar-refractivity contribution is 7.89. The summed E-state index contributed by atoms with van der Waals surface area (Å²) in [6.45, 7) is 0.0631. The summed E-state index contributed by atoms with van der Waals surface area (Å²) < 4.78 is 46.8. The number of sulfonamides is 1. The Balaban J connectivity index is 2.02. The molecule has 0 heterocycles. The van der Waals surface area contributed by atoms with E-state index >= 15 is 0 Å². The topological polar surface area (TPSA) is 79.0 Å². The van der Waals surface area contributed by atoms with Gasteiger partial charge >= 0.3 is 0 Å². The number of nitrogens with zero attached hydrogens (tertiary/aromatic N) is 2. The van der Waals surface area contributed by atoms with Gasteiger partial charge in [0.15, 0.2) is 0 Å². The molecule has 1 amide bonds. The molecule has 0 spiro atoms. The van der Waals surface area contributed by atoms with Crippen LogP contribution in [0.2, 0.25) is 0 Å².